The van der Waals surface area contributed by atoms with Crippen LogP contribution in [0.1, 0.15) is 23.2 Å². The molecule has 0 aromatic heterocycles. The zero-order chi connectivity index (χ0) is 14.8. The molecule has 1 aromatic rings. The molecule has 1 heterocycles. The standard InChI is InChI=1S/C16H21ClN2O2/c17-14-4-2-1-3-13(14)16(21)19-9-7-18(8-10-19)11-15(20)12-5-6-12/h1-4,12,15,20H,5-11H2/t15-/m0/s1. The minimum Gasteiger partial charge on any atom is -0.392 e. The van der Waals surface area contributed by atoms with Crippen LogP contribution in [0.2, 0.25) is 5.02 Å². The van der Waals surface area contributed by atoms with Crippen LogP contribution in [-0.2, 0) is 0 Å². The second kappa shape index (κ2) is 6.34. The second-order valence-corrected chi connectivity index (χ2v) is 6.38. The van der Waals surface area contributed by atoms with E-state index in [-0.39, 0.29) is 12.0 Å². The van der Waals surface area contributed by atoms with Crippen molar-refractivity contribution in [1.82, 2.24) is 9.80 Å². The highest BCUT2D eigenvalue weighted by Gasteiger charge is 2.32. The van der Waals surface area contributed by atoms with Gasteiger partial charge in [0.25, 0.3) is 5.91 Å². The Hall–Kier alpha value is -1.10. The third-order valence-electron chi connectivity index (χ3n) is 4.38. The molecule has 114 valence electrons. The van der Waals surface area contributed by atoms with Gasteiger partial charge in [-0.25, -0.2) is 0 Å². The van der Waals surface area contributed by atoms with Crippen molar-refractivity contribution in [3.63, 3.8) is 0 Å². The van der Waals surface area contributed by atoms with Gasteiger partial charge in [0.15, 0.2) is 0 Å². The summed E-state index contributed by atoms with van der Waals surface area (Å²) in [6.07, 6.45) is 2.12. The third-order valence-corrected chi connectivity index (χ3v) is 4.70. The van der Waals surface area contributed by atoms with Crippen molar-refractivity contribution in [2.24, 2.45) is 5.92 Å². The SMILES string of the molecule is O=C(c1ccccc1Cl)N1CCN(C[C@H](O)C2CC2)CC1. The molecule has 1 N–H and O–H groups in total. The Kier molecular flexibility index (Phi) is 4.48. The third kappa shape index (κ3) is 3.57. The molecule has 0 unspecified atom stereocenters. The molecule has 5 heteroatoms. The number of carbonyl (C=O) groups is 1. The summed E-state index contributed by atoms with van der Waals surface area (Å²) < 4.78 is 0. The Morgan fingerprint density at radius 2 is 1.90 bits per heavy atom. The molecule has 1 amide bonds. The van der Waals surface area contributed by atoms with Crippen molar-refractivity contribution in [2.45, 2.75) is 18.9 Å². The number of β-amino-alcohol motifs (C(OH)–C–C–N with tert-alkyl or cyclic N) is 1. The smallest absolute Gasteiger partial charge is 0.255 e. The number of hydrogen-bond donors (Lipinski definition) is 1. The molecule has 2 fully saturated rings. The maximum absolute atomic E-state index is 12.4. The topological polar surface area (TPSA) is 43.8 Å². The molecule has 0 radical (unpaired) electrons. The number of piperazine rings is 1. The molecule has 1 aliphatic carbocycles. The van der Waals surface area contributed by atoms with E-state index in [1.807, 2.05) is 17.0 Å². The summed E-state index contributed by atoms with van der Waals surface area (Å²) in [4.78, 5) is 16.5. The van der Waals surface area contributed by atoms with Crippen LogP contribution in [0.25, 0.3) is 0 Å². The zero-order valence-corrected chi connectivity index (χ0v) is 12.8. The van der Waals surface area contributed by atoms with Gasteiger partial charge in [0.2, 0.25) is 0 Å². The van der Waals surface area contributed by atoms with E-state index in [9.17, 15) is 9.90 Å². The normalized spacial score (nSPS) is 21.3. The van der Waals surface area contributed by atoms with E-state index in [1.54, 1.807) is 12.1 Å². The number of carbonyl (C=O) groups excluding carboxylic acids is 1. The Bertz CT molecular complexity index is 511. The average molecular weight is 309 g/mol. The molecule has 1 saturated carbocycles. The molecule has 1 saturated heterocycles. The second-order valence-electron chi connectivity index (χ2n) is 5.98. The van der Waals surface area contributed by atoms with E-state index in [2.05, 4.69) is 4.90 Å². The first-order chi connectivity index (χ1) is 10.1. The lowest BCUT2D eigenvalue weighted by Crippen LogP contribution is -2.50. The predicted molar refractivity (Wildman–Crippen MR) is 82.5 cm³/mol. The van der Waals surface area contributed by atoms with Crippen LogP contribution < -0.4 is 0 Å². The summed E-state index contributed by atoms with van der Waals surface area (Å²) in [6, 6.07) is 7.18. The Morgan fingerprint density at radius 3 is 2.52 bits per heavy atom. The van der Waals surface area contributed by atoms with Gasteiger partial charge < -0.3 is 10.0 Å². The van der Waals surface area contributed by atoms with Crippen LogP contribution in [0.3, 0.4) is 0 Å². The van der Waals surface area contributed by atoms with Crippen LogP contribution in [0.5, 0.6) is 0 Å². The molecule has 1 aromatic carbocycles. The van der Waals surface area contributed by atoms with Crippen LogP contribution >= 0.6 is 11.6 Å². The molecule has 3 rings (SSSR count). The van der Waals surface area contributed by atoms with Gasteiger partial charge in [-0.15, -0.1) is 0 Å². The van der Waals surface area contributed by atoms with Gasteiger partial charge >= 0.3 is 0 Å². The number of hydrogen-bond acceptors (Lipinski definition) is 3. The molecular weight excluding hydrogens is 288 g/mol. The maximum Gasteiger partial charge on any atom is 0.255 e. The number of benzene rings is 1. The number of aliphatic hydroxyl groups is 1. The number of halogens is 1. The number of aliphatic hydroxyl groups excluding tert-OH is 1. The van der Waals surface area contributed by atoms with Crippen LogP contribution in [-0.4, -0.2) is 59.6 Å². The molecule has 4 nitrogen and oxygen atoms in total. The highest BCUT2D eigenvalue weighted by atomic mass is 35.5. The summed E-state index contributed by atoms with van der Waals surface area (Å²) in [5.74, 6) is 0.510. The predicted octanol–water partition coefficient (Wildman–Crippen LogP) is 1.87. The van der Waals surface area contributed by atoms with Gasteiger partial charge in [0, 0.05) is 32.7 Å². The largest absolute Gasteiger partial charge is 0.392 e. The zero-order valence-electron chi connectivity index (χ0n) is 12.0. The van der Waals surface area contributed by atoms with Gasteiger partial charge in [-0.05, 0) is 30.9 Å². The Morgan fingerprint density at radius 1 is 1.24 bits per heavy atom. The van der Waals surface area contributed by atoms with Gasteiger partial charge in [-0.2, -0.15) is 0 Å². The first-order valence-electron chi connectivity index (χ1n) is 7.59. The quantitative estimate of drug-likeness (QED) is 0.923. The van der Waals surface area contributed by atoms with Crippen LogP contribution in [0.15, 0.2) is 24.3 Å². The van der Waals surface area contributed by atoms with Gasteiger partial charge in [0.05, 0.1) is 16.7 Å². The summed E-state index contributed by atoms with van der Waals surface area (Å²) >= 11 is 6.09. The molecule has 0 spiro atoms. The van der Waals surface area contributed by atoms with Crippen molar-refractivity contribution < 1.29 is 9.90 Å². The first kappa shape index (κ1) is 14.8. The van der Waals surface area contributed by atoms with E-state index in [0.717, 1.165) is 32.5 Å². The number of rotatable bonds is 4. The average Bonchev–Trinajstić information content (AvgIpc) is 3.32. The fraction of sp³-hybridized carbons (Fsp3) is 0.562. The highest BCUT2D eigenvalue weighted by Crippen LogP contribution is 2.33. The molecule has 2 aliphatic rings. The van der Waals surface area contributed by atoms with E-state index in [0.29, 0.717) is 29.6 Å². The summed E-state index contributed by atoms with van der Waals surface area (Å²) in [7, 11) is 0. The lowest BCUT2D eigenvalue weighted by atomic mass is 10.1. The lowest BCUT2D eigenvalue weighted by Gasteiger charge is -2.35. The number of amides is 1. The summed E-state index contributed by atoms with van der Waals surface area (Å²) in [6.45, 7) is 3.77. The van der Waals surface area contributed by atoms with Gasteiger partial charge in [-0.3, -0.25) is 9.69 Å². The minimum absolute atomic E-state index is 0.00277. The van der Waals surface area contributed by atoms with Crippen molar-refractivity contribution in [3.8, 4) is 0 Å². The highest BCUT2D eigenvalue weighted by molar-refractivity contribution is 6.33. The van der Waals surface area contributed by atoms with E-state index in [1.165, 1.54) is 0 Å². The summed E-state index contributed by atoms with van der Waals surface area (Å²) in [5.41, 5.74) is 0.575. The van der Waals surface area contributed by atoms with Crippen molar-refractivity contribution in [1.29, 1.82) is 0 Å². The maximum atomic E-state index is 12.4. The fourth-order valence-electron chi connectivity index (χ4n) is 2.83. The van der Waals surface area contributed by atoms with E-state index < -0.39 is 0 Å². The molecule has 0 bridgehead atoms. The molecular formula is C16H21ClN2O2. The first-order valence-corrected chi connectivity index (χ1v) is 7.97. The van der Waals surface area contributed by atoms with E-state index >= 15 is 0 Å². The monoisotopic (exact) mass is 308 g/mol. The molecule has 1 atom stereocenters. The Balaban J connectivity index is 1.53. The van der Waals surface area contributed by atoms with E-state index in [4.69, 9.17) is 11.6 Å². The lowest BCUT2D eigenvalue weighted by molar-refractivity contribution is 0.0489. The van der Waals surface area contributed by atoms with Crippen LogP contribution in [0.4, 0.5) is 0 Å². The van der Waals surface area contributed by atoms with Crippen molar-refractivity contribution >= 4 is 17.5 Å². The summed E-state index contributed by atoms with van der Waals surface area (Å²) in [5, 5.41) is 10.5. The Labute approximate surface area is 130 Å². The number of nitrogens with zero attached hydrogens (tertiary/aromatic N) is 2. The van der Waals surface area contributed by atoms with Crippen LogP contribution in [0, 0.1) is 5.92 Å². The molecule has 21 heavy (non-hydrogen) atoms. The minimum atomic E-state index is -0.198. The van der Waals surface area contributed by atoms with Gasteiger partial charge in [-0.1, -0.05) is 23.7 Å². The van der Waals surface area contributed by atoms with Gasteiger partial charge in [0.1, 0.15) is 0 Å². The van der Waals surface area contributed by atoms with Crippen molar-refractivity contribution in [2.75, 3.05) is 32.7 Å². The fourth-order valence-corrected chi connectivity index (χ4v) is 3.05. The molecule has 1 aliphatic heterocycles. The van der Waals surface area contributed by atoms with Crippen molar-refractivity contribution in [3.05, 3.63) is 34.9 Å².